The Balaban J connectivity index is 1.91. The molecule has 0 unspecified atom stereocenters. The summed E-state index contributed by atoms with van der Waals surface area (Å²) in [6.45, 7) is 3.98. The van der Waals surface area contributed by atoms with Gasteiger partial charge in [-0.05, 0) is 43.1 Å². The fraction of sp³-hybridized carbons (Fsp3) is 0.450. The number of nitriles is 1. The van der Waals surface area contributed by atoms with Gasteiger partial charge in [0.2, 0.25) is 0 Å². The van der Waals surface area contributed by atoms with Gasteiger partial charge in [-0.2, -0.15) is 10.4 Å². The molecule has 2 aromatic rings. The van der Waals surface area contributed by atoms with Crippen molar-refractivity contribution in [3.63, 3.8) is 0 Å². The van der Waals surface area contributed by atoms with Crippen molar-refractivity contribution in [1.29, 1.82) is 5.26 Å². The number of hydrogen-bond donors (Lipinski definition) is 0. The van der Waals surface area contributed by atoms with Gasteiger partial charge in [0, 0.05) is 12.5 Å². The van der Waals surface area contributed by atoms with Gasteiger partial charge < -0.3 is 0 Å². The zero-order chi connectivity index (χ0) is 18.6. The van der Waals surface area contributed by atoms with E-state index in [9.17, 15) is 13.6 Å². The highest BCUT2D eigenvalue weighted by Crippen LogP contribution is 2.40. The molecule has 0 spiro atoms. The molecule has 2 aliphatic rings. The second-order valence-corrected chi connectivity index (χ2v) is 8.16. The summed E-state index contributed by atoms with van der Waals surface area (Å²) in [6, 6.07) is 3.52. The van der Waals surface area contributed by atoms with Crippen molar-refractivity contribution < 1.29 is 13.6 Å². The van der Waals surface area contributed by atoms with Crippen LogP contribution in [0.2, 0.25) is 0 Å². The van der Waals surface area contributed by atoms with Gasteiger partial charge in [0.25, 0.3) is 0 Å². The number of aromatic nitrogens is 2. The minimum Gasteiger partial charge on any atom is -0.294 e. The molecule has 0 amide bonds. The number of ketones is 1. The van der Waals surface area contributed by atoms with Crippen LogP contribution in [0.3, 0.4) is 0 Å². The third-order valence-corrected chi connectivity index (χ3v) is 5.18. The molecule has 0 saturated heterocycles. The smallest absolute Gasteiger partial charge is 0.167 e. The number of Topliss-reactive ketones (excluding diaryl/α,β-unsaturated/α-hetero) is 1. The average Bonchev–Trinajstić information content (AvgIpc) is 3.29. The summed E-state index contributed by atoms with van der Waals surface area (Å²) < 4.78 is 30.1. The molecule has 2 aliphatic carbocycles. The summed E-state index contributed by atoms with van der Waals surface area (Å²) in [5.41, 5.74) is 1.25. The maximum atomic E-state index is 14.6. The Labute approximate surface area is 150 Å². The molecular formula is C20H19F2N3O. The zero-order valence-electron chi connectivity index (χ0n) is 14.8. The van der Waals surface area contributed by atoms with E-state index in [1.54, 1.807) is 6.07 Å². The molecule has 1 aromatic carbocycles. The highest BCUT2D eigenvalue weighted by atomic mass is 19.1. The van der Waals surface area contributed by atoms with E-state index in [4.69, 9.17) is 5.26 Å². The summed E-state index contributed by atoms with van der Waals surface area (Å²) in [5, 5.41) is 13.4. The molecule has 0 atom stereocenters. The van der Waals surface area contributed by atoms with E-state index in [0.717, 1.165) is 25.0 Å². The number of nitrogens with zero attached hydrogens (tertiary/aromatic N) is 3. The fourth-order valence-corrected chi connectivity index (χ4v) is 3.75. The molecule has 1 heterocycles. The molecule has 0 bridgehead atoms. The highest BCUT2D eigenvalue weighted by Gasteiger charge is 2.38. The van der Waals surface area contributed by atoms with Crippen LogP contribution in [0.25, 0.3) is 5.69 Å². The summed E-state index contributed by atoms with van der Waals surface area (Å²) in [4.78, 5) is 12.8. The monoisotopic (exact) mass is 355 g/mol. The first-order valence-corrected chi connectivity index (χ1v) is 8.82. The minimum absolute atomic E-state index is 0.0210. The molecule has 1 saturated carbocycles. The SMILES string of the molecule is CC1(C)CC(=O)c2c(CC3CC3)nn(-c3cc(F)c(C#N)cc3F)c2C1. The fourth-order valence-electron chi connectivity index (χ4n) is 3.75. The Morgan fingerprint density at radius 3 is 2.65 bits per heavy atom. The van der Waals surface area contributed by atoms with Gasteiger partial charge in [-0.25, -0.2) is 13.5 Å². The first-order chi connectivity index (χ1) is 12.3. The summed E-state index contributed by atoms with van der Waals surface area (Å²) in [5.74, 6) is -0.972. The largest absolute Gasteiger partial charge is 0.294 e. The predicted molar refractivity (Wildman–Crippen MR) is 91.1 cm³/mol. The van der Waals surface area contributed by atoms with E-state index in [0.29, 0.717) is 42.1 Å². The lowest BCUT2D eigenvalue weighted by Crippen LogP contribution is -2.28. The second-order valence-electron chi connectivity index (χ2n) is 8.16. The third kappa shape index (κ3) is 2.82. The molecular weight excluding hydrogens is 336 g/mol. The van der Waals surface area contributed by atoms with E-state index >= 15 is 0 Å². The van der Waals surface area contributed by atoms with Crippen LogP contribution in [0.1, 0.15) is 60.4 Å². The first kappa shape index (κ1) is 16.9. The highest BCUT2D eigenvalue weighted by molar-refractivity contribution is 6.00. The summed E-state index contributed by atoms with van der Waals surface area (Å²) in [6.07, 6.45) is 3.91. The Hall–Kier alpha value is -2.55. The van der Waals surface area contributed by atoms with Crippen LogP contribution in [0.15, 0.2) is 12.1 Å². The van der Waals surface area contributed by atoms with Crippen molar-refractivity contribution in [2.45, 2.75) is 46.0 Å². The van der Waals surface area contributed by atoms with Crippen molar-refractivity contribution >= 4 is 5.78 Å². The molecule has 1 fully saturated rings. The Morgan fingerprint density at radius 1 is 1.27 bits per heavy atom. The van der Waals surface area contributed by atoms with Gasteiger partial charge in [-0.3, -0.25) is 4.79 Å². The van der Waals surface area contributed by atoms with Gasteiger partial charge in [0.1, 0.15) is 23.4 Å². The van der Waals surface area contributed by atoms with Crippen LogP contribution in [-0.4, -0.2) is 15.6 Å². The van der Waals surface area contributed by atoms with Crippen LogP contribution in [0, 0.1) is 34.3 Å². The summed E-state index contributed by atoms with van der Waals surface area (Å²) in [7, 11) is 0. The number of benzene rings is 1. The van der Waals surface area contributed by atoms with E-state index < -0.39 is 11.6 Å². The third-order valence-electron chi connectivity index (χ3n) is 5.18. The molecule has 6 heteroatoms. The molecule has 4 nitrogen and oxygen atoms in total. The van der Waals surface area contributed by atoms with E-state index in [1.165, 1.54) is 4.68 Å². The number of carbonyl (C=O) groups excluding carboxylic acids is 1. The lowest BCUT2D eigenvalue weighted by molar-refractivity contribution is 0.0910. The maximum Gasteiger partial charge on any atom is 0.167 e. The second kappa shape index (κ2) is 5.73. The van der Waals surface area contributed by atoms with Gasteiger partial charge in [0.05, 0.1) is 22.5 Å². The molecule has 0 N–H and O–H groups in total. The molecule has 1 aromatic heterocycles. The number of fused-ring (bicyclic) bond motifs is 1. The number of carbonyl (C=O) groups is 1. The standard InChI is InChI=1S/C20H19F2N3O/c1-20(2)8-17-19(18(26)9-20)15(5-11-3-4-11)24-25(17)16-7-13(21)12(10-23)6-14(16)22/h6-7,11H,3-5,8-9H2,1-2H3. The van der Waals surface area contributed by atoms with Crippen LogP contribution in [0.5, 0.6) is 0 Å². The van der Waals surface area contributed by atoms with Gasteiger partial charge in [-0.1, -0.05) is 13.8 Å². The van der Waals surface area contributed by atoms with Crippen LogP contribution in [0.4, 0.5) is 8.78 Å². The molecule has 4 rings (SSSR count). The quantitative estimate of drug-likeness (QED) is 0.832. The van der Waals surface area contributed by atoms with Gasteiger partial charge in [-0.15, -0.1) is 0 Å². The van der Waals surface area contributed by atoms with Gasteiger partial charge >= 0.3 is 0 Å². The zero-order valence-corrected chi connectivity index (χ0v) is 14.8. The van der Waals surface area contributed by atoms with E-state index in [1.807, 2.05) is 13.8 Å². The Bertz CT molecular complexity index is 964. The minimum atomic E-state index is -0.793. The molecule has 26 heavy (non-hydrogen) atoms. The van der Waals surface area contributed by atoms with Crippen molar-refractivity contribution in [3.05, 3.63) is 46.3 Å². The first-order valence-electron chi connectivity index (χ1n) is 8.82. The summed E-state index contributed by atoms with van der Waals surface area (Å²) >= 11 is 0. The van der Waals surface area contributed by atoms with Crippen molar-refractivity contribution in [2.75, 3.05) is 0 Å². The Kier molecular flexibility index (Phi) is 3.72. The lowest BCUT2D eigenvalue weighted by Gasteiger charge is -2.29. The normalized spacial score (nSPS) is 18.5. The van der Waals surface area contributed by atoms with E-state index in [-0.39, 0.29) is 22.4 Å². The van der Waals surface area contributed by atoms with Crippen molar-refractivity contribution in [3.8, 4) is 11.8 Å². The average molecular weight is 355 g/mol. The lowest BCUT2D eigenvalue weighted by atomic mass is 9.75. The predicted octanol–water partition coefficient (Wildman–Crippen LogP) is 4.13. The number of hydrogen-bond acceptors (Lipinski definition) is 3. The number of rotatable bonds is 3. The van der Waals surface area contributed by atoms with Crippen LogP contribution in [-0.2, 0) is 12.8 Å². The van der Waals surface area contributed by atoms with Crippen LogP contribution < -0.4 is 0 Å². The Morgan fingerprint density at radius 2 is 2.00 bits per heavy atom. The number of halogens is 2. The van der Waals surface area contributed by atoms with Gasteiger partial charge in [0.15, 0.2) is 5.78 Å². The maximum absolute atomic E-state index is 14.6. The van der Waals surface area contributed by atoms with Crippen LogP contribution >= 0.6 is 0 Å². The molecule has 0 radical (unpaired) electrons. The molecule has 134 valence electrons. The topological polar surface area (TPSA) is 58.7 Å². The van der Waals surface area contributed by atoms with E-state index in [2.05, 4.69) is 5.10 Å². The van der Waals surface area contributed by atoms with Crippen molar-refractivity contribution in [1.82, 2.24) is 9.78 Å². The molecule has 0 aliphatic heterocycles. The van der Waals surface area contributed by atoms with Crippen molar-refractivity contribution in [2.24, 2.45) is 11.3 Å².